The van der Waals surface area contributed by atoms with Crippen molar-refractivity contribution in [2.75, 3.05) is 5.32 Å². The van der Waals surface area contributed by atoms with Crippen molar-refractivity contribution in [2.24, 2.45) is 0 Å². The molecular formula is C15H15ClN4O2S. The molecule has 1 fully saturated rings. The van der Waals surface area contributed by atoms with Crippen LogP contribution < -0.4 is 16.0 Å². The van der Waals surface area contributed by atoms with Crippen LogP contribution in [0.5, 0.6) is 0 Å². The highest BCUT2D eigenvalue weighted by Gasteiger charge is 2.23. The molecule has 0 unspecified atom stereocenters. The summed E-state index contributed by atoms with van der Waals surface area (Å²) in [7, 11) is 0. The maximum absolute atomic E-state index is 11.9. The fourth-order valence-electron chi connectivity index (χ4n) is 1.96. The zero-order valence-corrected chi connectivity index (χ0v) is 13.7. The topological polar surface area (TPSA) is 83.1 Å². The van der Waals surface area contributed by atoms with Gasteiger partial charge in [-0.05, 0) is 30.5 Å². The standard InChI is InChI=1S/C15H15ClN4O2S/c16-12-8-23-14(20-12)13(21)17-7-9-2-1-3-11(6-9)19-15(22)18-10-4-5-10/h1-3,6,8,10H,4-5,7H2,(H,17,21)(H2,18,19,22). The number of thiazole rings is 1. The molecule has 0 radical (unpaired) electrons. The molecule has 23 heavy (non-hydrogen) atoms. The van der Waals surface area contributed by atoms with Crippen molar-refractivity contribution in [3.63, 3.8) is 0 Å². The van der Waals surface area contributed by atoms with Crippen LogP contribution in [0.25, 0.3) is 0 Å². The molecule has 3 amide bonds. The molecule has 0 spiro atoms. The SMILES string of the molecule is O=C(Nc1cccc(CNC(=O)c2nc(Cl)cs2)c1)NC1CC1. The summed E-state index contributed by atoms with van der Waals surface area (Å²) in [6.45, 7) is 0.343. The van der Waals surface area contributed by atoms with E-state index in [4.69, 9.17) is 11.6 Å². The van der Waals surface area contributed by atoms with Gasteiger partial charge >= 0.3 is 6.03 Å². The van der Waals surface area contributed by atoms with Crippen molar-refractivity contribution in [3.05, 3.63) is 45.4 Å². The second-order valence-corrected chi connectivity index (χ2v) is 6.48. The number of nitrogens with zero attached hydrogens (tertiary/aromatic N) is 1. The Labute approximate surface area is 142 Å². The molecule has 1 aliphatic carbocycles. The quantitative estimate of drug-likeness (QED) is 0.775. The van der Waals surface area contributed by atoms with Gasteiger partial charge in [-0.15, -0.1) is 11.3 Å². The van der Waals surface area contributed by atoms with E-state index in [1.165, 1.54) is 11.3 Å². The summed E-state index contributed by atoms with van der Waals surface area (Å²) in [5.74, 6) is -0.272. The fraction of sp³-hybridized carbons (Fsp3) is 0.267. The Morgan fingerprint density at radius 1 is 1.35 bits per heavy atom. The average molecular weight is 351 g/mol. The van der Waals surface area contributed by atoms with Crippen molar-refractivity contribution in [1.29, 1.82) is 0 Å². The van der Waals surface area contributed by atoms with E-state index in [9.17, 15) is 9.59 Å². The number of anilines is 1. The molecule has 1 heterocycles. The molecule has 2 aromatic rings. The normalized spacial score (nSPS) is 13.4. The zero-order chi connectivity index (χ0) is 16.2. The lowest BCUT2D eigenvalue weighted by Crippen LogP contribution is -2.30. The number of hydrogen-bond donors (Lipinski definition) is 3. The minimum Gasteiger partial charge on any atom is -0.346 e. The minimum atomic E-state index is -0.272. The van der Waals surface area contributed by atoms with Gasteiger partial charge in [0.05, 0.1) is 0 Å². The molecule has 3 N–H and O–H groups in total. The Kier molecular flexibility index (Phi) is 4.78. The molecule has 1 aromatic heterocycles. The first-order valence-corrected chi connectivity index (χ1v) is 8.41. The number of rotatable bonds is 5. The van der Waals surface area contributed by atoms with E-state index in [-0.39, 0.29) is 11.9 Å². The van der Waals surface area contributed by atoms with Gasteiger partial charge in [-0.2, -0.15) is 0 Å². The van der Waals surface area contributed by atoms with Gasteiger partial charge in [0, 0.05) is 23.7 Å². The highest BCUT2D eigenvalue weighted by molar-refractivity contribution is 7.12. The summed E-state index contributed by atoms with van der Waals surface area (Å²) in [5, 5.41) is 10.7. The van der Waals surface area contributed by atoms with Crippen LogP contribution >= 0.6 is 22.9 Å². The number of nitrogens with one attached hydrogen (secondary N) is 3. The Bertz CT molecular complexity index is 730. The second kappa shape index (κ2) is 6.97. The van der Waals surface area contributed by atoms with E-state index < -0.39 is 0 Å². The molecular weight excluding hydrogens is 336 g/mol. The van der Waals surface area contributed by atoms with Crippen LogP contribution in [0.1, 0.15) is 28.2 Å². The summed E-state index contributed by atoms with van der Waals surface area (Å²) in [4.78, 5) is 27.6. The van der Waals surface area contributed by atoms with E-state index in [1.54, 1.807) is 11.4 Å². The highest BCUT2D eigenvalue weighted by atomic mass is 35.5. The molecule has 3 rings (SSSR count). The predicted octanol–water partition coefficient (Wildman–Crippen LogP) is 3.01. The van der Waals surface area contributed by atoms with Crippen molar-refractivity contribution in [2.45, 2.75) is 25.4 Å². The van der Waals surface area contributed by atoms with Gasteiger partial charge in [-0.3, -0.25) is 4.79 Å². The van der Waals surface area contributed by atoms with Crippen molar-refractivity contribution in [3.8, 4) is 0 Å². The van der Waals surface area contributed by atoms with Gasteiger partial charge in [0.1, 0.15) is 5.15 Å². The molecule has 0 atom stereocenters. The molecule has 0 bridgehead atoms. The van der Waals surface area contributed by atoms with Gasteiger partial charge < -0.3 is 16.0 Å². The molecule has 6 nitrogen and oxygen atoms in total. The van der Waals surface area contributed by atoms with E-state index in [0.717, 1.165) is 18.4 Å². The van der Waals surface area contributed by atoms with Crippen molar-refractivity contribution < 1.29 is 9.59 Å². The molecule has 0 saturated heterocycles. The van der Waals surface area contributed by atoms with Gasteiger partial charge in [0.15, 0.2) is 5.01 Å². The van der Waals surface area contributed by atoms with Gasteiger partial charge in [0.2, 0.25) is 0 Å². The summed E-state index contributed by atoms with van der Waals surface area (Å²) in [6, 6.07) is 7.43. The van der Waals surface area contributed by atoms with Crippen LogP contribution in [-0.4, -0.2) is 23.0 Å². The Hall–Kier alpha value is -2.12. The lowest BCUT2D eigenvalue weighted by atomic mass is 10.2. The van der Waals surface area contributed by atoms with Crippen LogP contribution in [0.15, 0.2) is 29.6 Å². The lowest BCUT2D eigenvalue weighted by Gasteiger charge is -2.09. The van der Waals surface area contributed by atoms with E-state index in [0.29, 0.717) is 28.4 Å². The first-order valence-electron chi connectivity index (χ1n) is 7.16. The number of aromatic nitrogens is 1. The van der Waals surface area contributed by atoms with Gasteiger partial charge in [0.25, 0.3) is 5.91 Å². The average Bonchev–Trinajstić information content (AvgIpc) is 3.22. The fourth-order valence-corrected chi connectivity index (χ4v) is 2.82. The van der Waals surface area contributed by atoms with Crippen LogP contribution in [0.2, 0.25) is 5.15 Å². The van der Waals surface area contributed by atoms with Crippen LogP contribution in [0.3, 0.4) is 0 Å². The lowest BCUT2D eigenvalue weighted by molar-refractivity contribution is 0.0950. The number of benzene rings is 1. The third-order valence-corrected chi connectivity index (χ3v) is 4.38. The Morgan fingerprint density at radius 2 is 2.17 bits per heavy atom. The number of carbonyl (C=O) groups is 2. The summed E-state index contributed by atoms with van der Waals surface area (Å²) in [6.07, 6.45) is 2.08. The second-order valence-electron chi connectivity index (χ2n) is 5.23. The number of hydrogen-bond acceptors (Lipinski definition) is 4. The van der Waals surface area contributed by atoms with Crippen LogP contribution in [0, 0.1) is 0 Å². The number of carbonyl (C=O) groups excluding carboxylic acids is 2. The largest absolute Gasteiger partial charge is 0.346 e. The maximum atomic E-state index is 11.9. The van der Waals surface area contributed by atoms with Gasteiger partial charge in [-0.1, -0.05) is 23.7 Å². The van der Waals surface area contributed by atoms with Gasteiger partial charge in [-0.25, -0.2) is 9.78 Å². The smallest absolute Gasteiger partial charge is 0.319 e. The predicted molar refractivity (Wildman–Crippen MR) is 89.9 cm³/mol. The maximum Gasteiger partial charge on any atom is 0.319 e. The number of urea groups is 1. The number of amides is 3. The molecule has 1 saturated carbocycles. The molecule has 0 aliphatic heterocycles. The monoisotopic (exact) mass is 350 g/mol. The van der Waals surface area contributed by atoms with Crippen molar-refractivity contribution in [1.82, 2.24) is 15.6 Å². The molecule has 1 aromatic carbocycles. The first kappa shape index (κ1) is 15.8. The third kappa shape index (κ3) is 4.67. The molecule has 120 valence electrons. The summed E-state index contributed by atoms with van der Waals surface area (Å²) >= 11 is 6.90. The first-order chi connectivity index (χ1) is 11.1. The zero-order valence-electron chi connectivity index (χ0n) is 12.1. The highest BCUT2D eigenvalue weighted by Crippen LogP contribution is 2.19. The number of halogens is 1. The van der Waals surface area contributed by atoms with Crippen molar-refractivity contribution >= 4 is 40.6 Å². The Balaban J connectivity index is 1.54. The summed E-state index contributed by atoms with van der Waals surface area (Å²) in [5.41, 5.74) is 1.57. The molecule has 8 heteroatoms. The van der Waals surface area contributed by atoms with Crippen LogP contribution in [-0.2, 0) is 6.54 Å². The summed E-state index contributed by atoms with van der Waals surface area (Å²) < 4.78 is 0. The Morgan fingerprint density at radius 3 is 2.87 bits per heavy atom. The van der Waals surface area contributed by atoms with E-state index in [1.807, 2.05) is 18.2 Å². The van der Waals surface area contributed by atoms with Crippen LogP contribution in [0.4, 0.5) is 10.5 Å². The van der Waals surface area contributed by atoms with E-state index >= 15 is 0 Å². The van der Waals surface area contributed by atoms with E-state index in [2.05, 4.69) is 20.9 Å². The minimum absolute atomic E-state index is 0.203. The molecule has 1 aliphatic rings. The third-order valence-electron chi connectivity index (χ3n) is 3.22.